The van der Waals surface area contributed by atoms with Gasteiger partial charge in [0.1, 0.15) is 11.8 Å². The average Bonchev–Trinajstić information content (AvgIpc) is 3.43. The zero-order chi connectivity index (χ0) is 32.3. The summed E-state index contributed by atoms with van der Waals surface area (Å²) in [5, 5.41) is 1.20. The lowest BCUT2D eigenvalue weighted by Gasteiger charge is -2.30. The Morgan fingerprint density at radius 1 is 0.822 bits per heavy atom. The van der Waals surface area contributed by atoms with Crippen molar-refractivity contribution in [2.45, 2.75) is 35.1 Å². The maximum absolute atomic E-state index is 13.9. The highest BCUT2D eigenvalue weighted by molar-refractivity contribution is 8.00. The molecule has 0 aliphatic carbocycles. The van der Waals surface area contributed by atoms with E-state index in [1.54, 1.807) is 30.3 Å². The van der Waals surface area contributed by atoms with Gasteiger partial charge in [0.15, 0.2) is 0 Å². The van der Waals surface area contributed by atoms with Crippen molar-refractivity contribution in [3.05, 3.63) is 110 Å². The number of nitrogens with one attached hydrogen (secondary N) is 1. The van der Waals surface area contributed by atoms with E-state index in [0.29, 0.717) is 21.4 Å². The van der Waals surface area contributed by atoms with E-state index in [-0.39, 0.29) is 10.7 Å². The molecular formula is C30H19F6N3O4S2. The van der Waals surface area contributed by atoms with Gasteiger partial charge in [-0.05, 0) is 35.9 Å². The quantitative estimate of drug-likeness (QED) is 0.198. The van der Waals surface area contributed by atoms with Crippen LogP contribution in [0.5, 0.6) is 0 Å². The number of carbonyl (C=O) groups is 3. The number of carbonyl (C=O) groups excluding carboxylic acids is 3. The molecule has 4 aromatic rings. The Hall–Kier alpha value is -4.37. The van der Waals surface area contributed by atoms with Gasteiger partial charge in [0.25, 0.3) is 0 Å². The SMILES string of the molecule is O=C(Cn1c2c(sc1=O)C(c1ccccc1)C1C(=O)N(c3cccc(C(F)(F)F)c3)C(=O)C1S2)Nc1ccccc1C(F)(F)F. The molecule has 1 aromatic heterocycles. The Morgan fingerprint density at radius 3 is 2.20 bits per heavy atom. The summed E-state index contributed by atoms with van der Waals surface area (Å²) in [6.07, 6.45) is -9.48. The molecule has 1 saturated heterocycles. The number of thiazole rings is 1. The number of benzene rings is 3. The van der Waals surface area contributed by atoms with Crippen LogP contribution in [-0.2, 0) is 33.3 Å². The minimum atomic E-state index is -4.75. The second kappa shape index (κ2) is 11.2. The van der Waals surface area contributed by atoms with Gasteiger partial charge in [-0.2, -0.15) is 26.3 Å². The van der Waals surface area contributed by atoms with Gasteiger partial charge in [0.2, 0.25) is 17.7 Å². The summed E-state index contributed by atoms with van der Waals surface area (Å²) < 4.78 is 81.8. The number of imide groups is 1. The van der Waals surface area contributed by atoms with Gasteiger partial charge in [-0.1, -0.05) is 71.6 Å². The highest BCUT2D eigenvalue weighted by Crippen LogP contribution is 2.54. The van der Waals surface area contributed by atoms with Crippen molar-refractivity contribution in [3.8, 4) is 0 Å². The molecule has 0 radical (unpaired) electrons. The van der Waals surface area contributed by atoms with Crippen LogP contribution in [0.3, 0.4) is 0 Å². The van der Waals surface area contributed by atoms with E-state index in [4.69, 9.17) is 0 Å². The molecule has 1 N–H and O–H groups in total. The molecule has 3 unspecified atom stereocenters. The summed E-state index contributed by atoms with van der Waals surface area (Å²) in [7, 11) is 0. The zero-order valence-corrected chi connectivity index (χ0v) is 24.2. The third kappa shape index (κ3) is 5.54. The molecule has 232 valence electrons. The monoisotopic (exact) mass is 663 g/mol. The number of para-hydroxylation sites is 1. The summed E-state index contributed by atoms with van der Waals surface area (Å²) in [4.78, 5) is 54.2. The number of halogens is 6. The number of alkyl halides is 6. The lowest BCUT2D eigenvalue weighted by atomic mass is 9.83. The van der Waals surface area contributed by atoms with Gasteiger partial charge in [0, 0.05) is 10.8 Å². The van der Waals surface area contributed by atoms with Gasteiger partial charge < -0.3 is 5.32 Å². The molecule has 0 saturated carbocycles. The van der Waals surface area contributed by atoms with Gasteiger partial charge in [-0.25, -0.2) is 4.90 Å². The first-order chi connectivity index (χ1) is 21.3. The summed E-state index contributed by atoms with van der Waals surface area (Å²) >= 11 is 1.55. The summed E-state index contributed by atoms with van der Waals surface area (Å²) in [6, 6.07) is 16.6. The van der Waals surface area contributed by atoms with Crippen molar-refractivity contribution < 1.29 is 40.7 Å². The number of thioether (sulfide) groups is 1. The van der Waals surface area contributed by atoms with Crippen LogP contribution in [0.15, 0.2) is 88.7 Å². The van der Waals surface area contributed by atoms with Crippen molar-refractivity contribution >= 4 is 52.2 Å². The number of aromatic nitrogens is 1. The largest absolute Gasteiger partial charge is 0.418 e. The van der Waals surface area contributed by atoms with Gasteiger partial charge >= 0.3 is 17.2 Å². The average molecular weight is 664 g/mol. The van der Waals surface area contributed by atoms with E-state index in [0.717, 1.165) is 58.0 Å². The molecule has 3 heterocycles. The standard InChI is InChI=1S/C30H19F6N3O4S2/c31-29(32,33)16-9-6-10-17(13-16)39-25(41)22-21(15-7-2-1-3-8-15)24-27(44-23(22)26(39)42)38(28(43)45-24)14-20(40)37-19-12-5-4-11-18(19)30(34,35)36/h1-13,21-23H,14H2,(H,37,40). The van der Waals surface area contributed by atoms with Gasteiger partial charge in [0.05, 0.1) is 33.4 Å². The molecule has 6 rings (SSSR count). The van der Waals surface area contributed by atoms with Crippen molar-refractivity contribution in [2.75, 3.05) is 10.2 Å². The number of amides is 3. The number of hydrogen-bond donors (Lipinski definition) is 1. The Morgan fingerprint density at radius 2 is 1.51 bits per heavy atom. The lowest BCUT2D eigenvalue weighted by molar-refractivity contribution is -0.138. The first kappa shape index (κ1) is 30.6. The zero-order valence-electron chi connectivity index (χ0n) is 22.6. The van der Waals surface area contributed by atoms with Crippen molar-refractivity contribution in [1.82, 2.24) is 4.57 Å². The highest BCUT2D eigenvalue weighted by atomic mass is 32.2. The Kier molecular flexibility index (Phi) is 7.64. The number of rotatable bonds is 5. The van der Waals surface area contributed by atoms with Gasteiger partial charge in [-0.3, -0.25) is 23.7 Å². The third-order valence-corrected chi connectivity index (χ3v) is 10.1. The maximum atomic E-state index is 13.9. The van der Waals surface area contributed by atoms with Crippen molar-refractivity contribution in [3.63, 3.8) is 0 Å². The predicted molar refractivity (Wildman–Crippen MR) is 154 cm³/mol. The minimum absolute atomic E-state index is 0.173. The number of anilines is 2. The molecule has 45 heavy (non-hydrogen) atoms. The van der Waals surface area contributed by atoms with Crippen LogP contribution in [0, 0.1) is 5.92 Å². The molecular weight excluding hydrogens is 644 g/mol. The van der Waals surface area contributed by atoms with Gasteiger partial charge in [-0.15, -0.1) is 0 Å². The van der Waals surface area contributed by atoms with E-state index in [2.05, 4.69) is 5.32 Å². The molecule has 7 nitrogen and oxygen atoms in total. The molecule has 1 fully saturated rings. The Balaban J connectivity index is 1.39. The fraction of sp³-hybridized carbons (Fsp3) is 0.200. The predicted octanol–water partition coefficient (Wildman–Crippen LogP) is 6.38. The molecule has 2 aliphatic heterocycles. The molecule has 0 bridgehead atoms. The maximum Gasteiger partial charge on any atom is 0.418 e. The number of fused-ring (bicyclic) bond motifs is 2. The van der Waals surface area contributed by atoms with E-state index in [1.807, 2.05) is 0 Å². The van der Waals surface area contributed by atoms with E-state index in [1.165, 1.54) is 12.1 Å². The minimum Gasteiger partial charge on any atom is -0.324 e. The Labute approximate surface area is 258 Å². The van der Waals surface area contributed by atoms with E-state index in [9.17, 15) is 45.5 Å². The Bertz CT molecular complexity index is 1890. The fourth-order valence-electron chi connectivity index (χ4n) is 5.52. The summed E-state index contributed by atoms with van der Waals surface area (Å²) in [5.41, 5.74) is -2.34. The smallest absolute Gasteiger partial charge is 0.324 e. The molecule has 2 aliphatic rings. The lowest BCUT2D eigenvalue weighted by Crippen LogP contribution is -2.33. The molecule has 3 amide bonds. The summed E-state index contributed by atoms with van der Waals surface area (Å²) in [5.74, 6) is -4.44. The second-order valence-electron chi connectivity index (χ2n) is 10.2. The van der Waals surface area contributed by atoms with E-state index >= 15 is 0 Å². The molecule has 0 spiro atoms. The normalized spacial score (nSPS) is 19.8. The van der Waals surface area contributed by atoms with Crippen LogP contribution < -0.4 is 15.1 Å². The molecule has 15 heteroatoms. The van der Waals surface area contributed by atoms with Crippen molar-refractivity contribution in [2.24, 2.45) is 5.92 Å². The van der Waals surface area contributed by atoms with Crippen LogP contribution in [0.25, 0.3) is 0 Å². The molecule has 3 atom stereocenters. The second-order valence-corrected chi connectivity index (χ2v) is 12.4. The number of nitrogens with zero attached hydrogens (tertiary/aromatic N) is 2. The van der Waals surface area contributed by atoms with Crippen LogP contribution in [0.1, 0.15) is 27.5 Å². The fourth-order valence-corrected chi connectivity index (χ4v) is 8.30. The van der Waals surface area contributed by atoms with E-state index < -0.39 is 75.4 Å². The van der Waals surface area contributed by atoms with Crippen LogP contribution >= 0.6 is 23.1 Å². The highest BCUT2D eigenvalue weighted by Gasteiger charge is 2.57. The number of hydrogen-bond acceptors (Lipinski definition) is 6. The third-order valence-electron chi connectivity index (χ3n) is 7.45. The first-order valence-electron chi connectivity index (χ1n) is 13.2. The first-order valence-corrected chi connectivity index (χ1v) is 14.9. The van der Waals surface area contributed by atoms with Crippen LogP contribution in [0.2, 0.25) is 0 Å². The van der Waals surface area contributed by atoms with Crippen LogP contribution in [0.4, 0.5) is 37.7 Å². The van der Waals surface area contributed by atoms with Crippen LogP contribution in [-0.4, -0.2) is 27.5 Å². The van der Waals surface area contributed by atoms with Crippen molar-refractivity contribution in [1.29, 1.82) is 0 Å². The topological polar surface area (TPSA) is 88.5 Å². The molecule has 3 aromatic carbocycles. The summed E-state index contributed by atoms with van der Waals surface area (Å²) in [6.45, 7) is -0.692.